The number of halogens is 1. The van der Waals surface area contributed by atoms with Gasteiger partial charge in [0.25, 0.3) is 0 Å². The fourth-order valence-corrected chi connectivity index (χ4v) is 1.49. The van der Waals surface area contributed by atoms with Crippen molar-refractivity contribution in [2.24, 2.45) is 0 Å². The van der Waals surface area contributed by atoms with Gasteiger partial charge in [-0.1, -0.05) is 0 Å². The molecule has 0 radical (unpaired) electrons. The van der Waals surface area contributed by atoms with E-state index in [9.17, 15) is 4.79 Å². The average Bonchev–Trinajstić information content (AvgIpc) is 2.64. The van der Waals surface area contributed by atoms with Gasteiger partial charge in [-0.3, -0.25) is 5.32 Å². The number of furan rings is 1. The van der Waals surface area contributed by atoms with Gasteiger partial charge < -0.3 is 9.15 Å². The van der Waals surface area contributed by atoms with E-state index in [1.807, 2.05) is 0 Å². The van der Waals surface area contributed by atoms with Gasteiger partial charge in [-0.05, 0) is 49.0 Å². The zero-order valence-electron chi connectivity index (χ0n) is 8.96. The molecule has 1 unspecified atom stereocenters. The first-order valence-electron chi connectivity index (χ1n) is 4.66. The summed E-state index contributed by atoms with van der Waals surface area (Å²) in [5, 5.41) is 2.90. The molecule has 0 bridgehead atoms. The summed E-state index contributed by atoms with van der Waals surface area (Å²) in [7, 11) is 1.69. The van der Waals surface area contributed by atoms with E-state index in [1.165, 1.54) is 0 Å². The maximum absolute atomic E-state index is 11.7. The van der Waals surface area contributed by atoms with Gasteiger partial charge in [0.2, 0.25) is 0 Å². The molecule has 0 aliphatic carbocycles. The smallest absolute Gasteiger partial charge is 0.333 e. The van der Waals surface area contributed by atoms with Gasteiger partial charge in [-0.2, -0.15) is 0 Å². The van der Waals surface area contributed by atoms with Gasteiger partial charge >= 0.3 is 5.97 Å². The molecular formula is C10H14BrNO3. The monoisotopic (exact) mass is 275 g/mol. The summed E-state index contributed by atoms with van der Waals surface area (Å²) in [4.78, 5) is 11.7. The summed E-state index contributed by atoms with van der Waals surface area (Å²) in [6.07, 6.45) is 0. The first kappa shape index (κ1) is 12.3. The number of rotatable bonds is 4. The van der Waals surface area contributed by atoms with Crippen LogP contribution in [0.25, 0.3) is 0 Å². The molecule has 1 aromatic rings. The third kappa shape index (κ3) is 2.41. The van der Waals surface area contributed by atoms with Gasteiger partial charge in [0.1, 0.15) is 5.76 Å². The Kier molecular flexibility index (Phi) is 3.93. The lowest BCUT2D eigenvalue weighted by molar-refractivity contribution is -0.151. The molecule has 0 fully saturated rings. The molecule has 0 saturated heterocycles. The van der Waals surface area contributed by atoms with E-state index in [-0.39, 0.29) is 5.97 Å². The first-order chi connectivity index (χ1) is 7.04. The number of hydrogen-bond acceptors (Lipinski definition) is 4. The van der Waals surface area contributed by atoms with Crippen LogP contribution in [0.1, 0.15) is 19.6 Å². The molecule has 84 valence electrons. The molecule has 0 amide bonds. The maximum Gasteiger partial charge on any atom is 0.333 e. The van der Waals surface area contributed by atoms with Gasteiger partial charge in [0, 0.05) is 0 Å². The Balaban J connectivity index is 2.99. The van der Waals surface area contributed by atoms with Crippen LogP contribution in [-0.2, 0) is 15.1 Å². The molecule has 1 aromatic heterocycles. The normalized spacial score (nSPS) is 14.7. The molecule has 1 rings (SSSR count). The Morgan fingerprint density at radius 2 is 2.33 bits per heavy atom. The van der Waals surface area contributed by atoms with Crippen LogP contribution < -0.4 is 5.32 Å². The Morgan fingerprint density at radius 3 is 2.73 bits per heavy atom. The number of hydrogen-bond donors (Lipinski definition) is 1. The van der Waals surface area contributed by atoms with Crippen LogP contribution in [0.3, 0.4) is 0 Å². The number of carbonyl (C=O) groups is 1. The van der Waals surface area contributed by atoms with Crippen LogP contribution in [-0.4, -0.2) is 19.6 Å². The number of nitrogens with one attached hydrogen (secondary N) is 1. The Bertz CT molecular complexity index is 350. The highest BCUT2D eigenvalue weighted by atomic mass is 79.9. The molecule has 0 spiro atoms. The largest absolute Gasteiger partial charge is 0.464 e. The van der Waals surface area contributed by atoms with E-state index in [0.29, 0.717) is 17.0 Å². The van der Waals surface area contributed by atoms with Crippen LogP contribution in [0, 0.1) is 0 Å². The second-order valence-corrected chi connectivity index (χ2v) is 3.98. The highest BCUT2D eigenvalue weighted by Gasteiger charge is 2.38. The van der Waals surface area contributed by atoms with Crippen molar-refractivity contribution in [2.45, 2.75) is 19.4 Å². The summed E-state index contributed by atoms with van der Waals surface area (Å²) < 4.78 is 10.9. The molecule has 0 aliphatic heterocycles. The second-order valence-electron chi connectivity index (χ2n) is 3.20. The van der Waals surface area contributed by atoms with Crippen molar-refractivity contribution in [1.29, 1.82) is 0 Å². The van der Waals surface area contributed by atoms with Crippen molar-refractivity contribution < 1.29 is 13.9 Å². The molecule has 4 nitrogen and oxygen atoms in total. The van der Waals surface area contributed by atoms with E-state index in [0.717, 1.165) is 0 Å². The van der Waals surface area contributed by atoms with E-state index in [1.54, 1.807) is 33.0 Å². The van der Waals surface area contributed by atoms with E-state index in [4.69, 9.17) is 9.15 Å². The molecule has 0 aromatic carbocycles. The van der Waals surface area contributed by atoms with Gasteiger partial charge in [-0.25, -0.2) is 4.79 Å². The highest BCUT2D eigenvalue weighted by Crippen LogP contribution is 2.26. The third-order valence-electron chi connectivity index (χ3n) is 2.25. The lowest BCUT2D eigenvalue weighted by atomic mass is 10.00. The fraction of sp³-hybridized carbons (Fsp3) is 0.500. The van der Waals surface area contributed by atoms with Gasteiger partial charge in [0.05, 0.1) is 6.61 Å². The summed E-state index contributed by atoms with van der Waals surface area (Å²) in [5.74, 6) is 0.171. The minimum Gasteiger partial charge on any atom is -0.464 e. The predicted molar refractivity (Wildman–Crippen MR) is 59.5 cm³/mol. The number of ether oxygens (including phenoxy) is 1. The van der Waals surface area contributed by atoms with Crippen LogP contribution in [0.2, 0.25) is 0 Å². The van der Waals surface area contributed by atoms with Crippen molar-refractivity contribution in [3.63, 3.8) is 0 Å². The third-order valence-corrected chi connectivity index (χ3v) is 2.68. The van der Waals surface area contributed by atoms with E-state index < -0.39 is 5.54 Å². The molecule has 5 heteroatoms. The van der Waals surface area contributed by atoms with E-state index >= 15 is 0 Å². The molecule has 1 N–H and O–H groups in total. The molecular weight excluding hydrogens is 262 g/mol. The number of esters is 1. The molecule has 15 heavy (non-hydrogen) atoms. The van der Waals surface area contributed by atoms with Crippen LogP contribution in [0.5, 0.6) is 0 Å². The summed E-state index contributed by atoms with van der Waals surface area (Å²) in [5.41, 5.74) is -0.942. The lowest BCUT2D eigenvalue weighted by Gasteiger charge is -2.24. The first-order valence-corrected chi connectivity index (χ1v) is 5.45. The topological polar surface area (TPSA) is 51.5 Å². The van der Waals surface area contributed by atoms with Gasteiger partial charge in [-0.15, -0.1) is 0 Å². The van der Waals surface area contributed by atoms with Crippen molar-refractivity contribution in [2.75, 3.05) is 13.7 Å². The highest BCUT2D eigenvalue weighted by molar-refractivity contribution is 9.10. The second kappa shape index (κ2) is 4.81. The summed E-state index contributed by atoms with van der Waals surface area (Å²) in [6, 6.07) is 3.47. The molecule has 1 heterocycles. The SMILES string of the molecule is CCOC(=O)C(C)(NC)c1ccc(Br)o1. The standard InChI is InChI=1S/C10H14BrNO3/c1-4-14-9(13)10(2,12-3)7-5-6-8(11)15-7/h5-6,12H,4H2,1-3H3. The number of carbonyl (C=O) groups excluding carboxylic acids is 1. The Hall–Kier alpha value is -0.810. The Labute approximate surface area is 97.1 Å². The molecule has 1 atom stereocenters. The van der Waals surface area contributed by atoms with E-state index in [2.05, 4.69) is 21.2 Å². The van der Waals surface area contributed by atoms with Crippen molar-refractivity contribution in [3.05, 3.63) is 22.6 Å². The average molecular weight is 276 g/mol. The minimum atomic E-state index is -0.942. The molecule has 0 saturated carbocycles. The summed E-state index contributed by atoms with van der Waals surface area (Å²) in [6.45, 7) is 3.83. The maximum atomic E-state index is 11.7. The quantitative estimate of drug-likeness (QED) is 0.855. The van der Waals surface area contributed by atoms with Crippen molar-refractivity contribution in [1.82, 2.24) is 5.32 Å². The van der Waals surface area contributed by atoms with Gasteiger partial charge in [0.15, 0.2) is 10.2 Å². The molecule has 0 aliphatic rings. The Morgan fingerprint density at radius 1 is 1.67 bits per heavy atom. The fourth-order valence-electron chi connectivity index (χ4n) is 1.18. The van der Waals surface area contributed by atoms with Crippen LogP contribution in [0.15, 0.2) is 21.2 Å². The van der Waals surface area contributed by atoms with Crippen molar-refractivity contribution in [3.8, 4) is 0 Å². The number of likely N-dealkylation sites (N-methyl/N-ethyl adjacent to an activating group) is 1. The predicted octanol–water partition coefficient (Wildman–Crippen LogP) is 2.04. The van der Waals surface area contributed by atoms with Crippen LogP contribution >= 0.6 is 15.9 Å². The van der Waals surface area contributed by atoms with Crippen molar-refractivity contribution >= 4 is 21.9 Å². The van der Waals surface area contributed by atoms with Crippen LogP contribution in [0.4, 0.5) is 0 Å². The summed E-state index contributed by atoms with van der Waals surface area (Å²) >= 11 is 3.20. The zero-order valence-corrected chi connectivity index (χ0v) is 10.6. The zero-order chi connectivity index (χ0) is 11.5. The minimum absolute atomic E-state index is 0.345. The lowest BCUT2D eigenvalue weighted by Crippen LogP contribution is -2.45.